The summed E-state index contributed by atoms with van der Waals surface area (Å²) in [7, 11) is 1.66. The molecule has 0 N–H and O–H groups in total. The molecule has 0 saturated carbocycles. The number of aromatic nitrogens is 2. The maximum Gasteiger partial charge on any atom is 0.225 e. The number of aliphatic imine (C=N–C) groups is 1. The van der Waals surface area contributed by atoms with E-state index in [0.29, 0.717) is 48.5 Å². The summed E-state index contributed by atoms with van der Waals surface area (Å²) in [6.45, 7) is 11.5. The number of imidazole rings is 1. The van der Waals surface area contributed by atoms with Crippen molar-refractivity contribution in [1.82, 2.24) is 19.4 Å². The lowest BCUT2D eigenvalue weighted by atomic mass is 9.93. The van der Waals surface area contributed by atoms with Crippen LogP contribution in [-0.4, -0.2) is 77.0 Å². The number of piperidine rings is 2. The highest BCUT2D eigenvalue weighted by Crippen LogP contribution is 2.32. The molecule has 1 amide bonds. The zero-order chi connectivity index (χ0) is 27.9. The first-order valence-electron chi connectivity index (χ1n) is 13.4. The van der Waals surface area contributed by atoms with Gasteiger partial charge in [0.05, 0.1) is 16.7 Å². The van der Waals surface area contributed by atoms with E-state index in [4.69, 9.17) is 0 Å². The predicted molar refractivity (Wildman–Crippen MR) is 157 cm³/mol. The van der Waals surface area contributed by atoms with Crippen LogP contribution in [0, 0.1) is 17.6 Å². The second-order valence-electron chi connectivity index (χ2n) is 10.0. The molecule has 0 unspecified atom stereocenters. The van der Waals surface area contributed by atoms with Gasteiger partial charge < -0.3 is 9.47 Å². The highest BCUT2D eigenvalue weighted by molar-refractivity contribution is 8.01. The first kappa shape index (κ1) is 29.0. The Bertz CT molecular complexity index is 1300. The number of fused-ring (bicyclic) bond motifs is 1. The maximum atomic E-state index is 14.3. The Kier molecular flexibility index (Phi) is 9.91. The van der Waals surface area contributed by atoms with Gasteiger partial charge in [-0.1, -0.05) is 31.4 Å². The molecule has 3 heterocycles. The summed E-state index contributed by atoms with van der Waals surface area (Å²) in [5, 5.41) is 2.12. The topological polar surface area (TPSA) is 53.7 Å². The molecule has 9 heteroatoms. The van der Waals surface area contributed by atoms with Crippen molar-refractivity contribution in [3.63, 3.8) is 0 Å². The molecule has 2 aliphatic rings. The third-order valence-corrected chi connectivity index (χ3v) is 8.15. The van der Waals surface area contributed by atoms with Gasteiger partial charge in [-0.3, -0.25) is 14.7 Å². The van der Waals surface area contributed by atoms with E-state index in [-0.39, 0.29) is 17.9 Å². The minimum Gasteiger partial charge on any atom is -0.342 e. The van der Waals surface area contributed by atoms with Crippen LogP contribution < -0.4 is 0 Å². The smallest absolute Gasteiger partial charge is 0.225 e. The number of halogens is 2. The molecule has 1 aromatic heterocycles. The number of hydrogen-bond acceptors (Lipinski definition) is 5. The Morgan fingerprint density at radius 2 is 1.82 bits per heavy atom. The monoisotopic (exact) mass is 553 g/mol. The molecule has 6 nitrogen and oxygen atoms in total. The minimum atomic E-state index is -0.928. The van der Waals surface area contributed by atoms with E-state index in [9.17, 15) is 13.6 Å². The van der Waals surface area contributed by atoms with Crippen molar-refractivity contribution in [2.75, 3.05) is 46.0 Å². The number of carbonyl (C=O) groups excluding carboxylic acids is 1. The SMILES string of the molecule is C=C/C=C\C(=NC)c1nc2cc(F)c(F)cc2n1C1CCN(C(=O)C2CCN(C/C(C=C)=C/SC)CC2)CC1. The number of nitrogens with zero attached hydrogens (tertiary/aromatic N) is 5. The highest BCUT2D eigenvalue weighted by Gasteiger charge is 2.33. The molecule has 0 aliphatic carbocycles. The van der Waals surface area contributed by atoms with Crippen molar-refractivity contribution in [2.45, 2.75) is 31.7 Å². The van der Waals surface area contributed by atoms with Crippen molar-refractivity contribution >= 4 is 34.4 Å². The fourth-order valence-electron chi connectivity index (χ4n) is 5.55. The first-order valence-corrected chi connectivity index (χ1v) is 14.7. The Balaban J connectivity index is 1.46. The van der Waals surface area contributed by atoms with Crippen molar-refractivity contribution in [3.05, 3.63) is 78.0 Å². The molecule has 39 heavy (non-hydrogen) atoms. The number of amides is 1. The molecule has 2 aliphatic heterocycles. The molecule has 208 valence electrons. The number of likely N-dealkylation sites (tertiary alicyclic amines) is 2. The highest BCUT2D eigenvalue weighted by atomic mass is 32.2. The fourth-order valence-corrected chi connectivity index (χ4v) is 6.02. The lowest BCUT2D eigenvalue weighted by molar-refractivity contribution is -0.138. The van der Waals surface area contributed by atoms with Crippen LogP contribution in [0.3, 0.4) is 0 Å². The van der Waals surface area contributed by atoms with Crippen LogP contribution in [0.2, 0.25) is 0 Å². The number of hydrogen-bond donors (Lipinski definition) is 0. The van der Waals surface area contributed by atoms with E-state index in [1.165, 1.54) is 11.6 Å². The lowest BCUT2D eigenvalue weighted by Gasteiger charge is -2.38. The number of thioether (sulfide) groups is 1. The zero-order valence-electron chi connectivity index (χ0n) is 22.8. The number of rotatable bonds is 9. The van der Waals surface area contributed by atoms with Gasteiger partial charge in [0.2, 0.25) is 5.91 Å². The van der Waals surface area contributed by atoms with Gasteiger partial charge in [0, 0.05) is 50.8 Å². The van der Waals surface area contributed by atoms with Crippen LogP contribution in [0.4, 0.5) is 8.78 Å². The third-order valence-electron chi connectivity index (χ3n) is 7.61. The maximum absolute atomic E-state index is 14.3. The molecule has 1 aromatic carbocycles. The molecular formula is C30H37F2N5OS. The first-order chi connectivity index (χ1) is 18.9. The van der Waals surface area contributed by atoms with Gasteiger partial charge in [-0.05, 0) is 62.1 Å². The number of allylic oxidation sites excluding steroid dienone is 3. The third kappa shape index (κ3) is 6.58. The van der Waals surface area contributed by atoms with E-state index in [0.717, 1.165) is 38.5 Å². The fraction of sp³-hybridized carbons (Fsp3) is 0.433. The second kappa shape index (κ2) is 13.3. The average molecular weight is 554 g/mol. The van der Waals surface area contributed by atoms with Crippen molar-refractivity contribution in [1.29, 1.82) is 0 Å². The molecule has 2 fully saturated rings. The van der Waals surface area contributed by atoms with Gasteiger partial charge in [-0.25, -0.2) is 13.8 Å². The minimum absolute atomic E-state index is 0.0183. The summed E-state index contributed by atoms with van der Waals surface area (Å²) in [5.74, 6) is -1.01. The van der Waals surface area contributed by atoms with E-state index in [2.05, 4.69) is 33.4 Å². The molecular weight excluding hydrogens is 516 g/mol. The van der Waals surface area contributed by atoms with Gasteiger partial charge in [0.25, 0.3) is 0 Å². The van der Waals surface area contributed by atoms with Gasteiger partial charge in [0.15, 0.2) is 17.5 Å². The van der Waals surface area contributed by atoms with E-state index < -0.39 is 11.6 Å². The van der Waals surface area contributed by atoms with Crippen molar-refractivity contribution < 1.29 is 13.6 Å². The van der Waals surface area contributed by atoms with E-state index >= 15 is 0 Å². The van der Waals surface area contributed by atoms with Gasteiger partial charge in [-0.15, -0.1) is 11.8 Å². The van der Waals surface area contributed by atoms with E-state index in [1.54, 1.807) is 37.0 Å². The van der Waals surface area contributed by atoms with Crippen LogP contribution in [0.15, 0.2) is 65.6 Å². The summed E-state index contributed by atoms with van der Waals surface area (Å²) >= 11 is 1.68. The summed E-state index contributed by atoms with van der Waals surface area (Å²) in [5.41, 5.74) is 2.72. The molecule has 2 saturated heterocycles. The second-order valence-corrected chi connectivity index (χ2v) is 10.7. The van der Waals surface area contributed by atoms with E-state index in [1.807, 2.05) is 21.8 Å². The van der Waals surface area contributed by atoms with Crippen LogP contribution in [0.5, 0.6) is 0 Å². The summed E-state index contributed by atoms with van der Waals surface area (Å²) in [6.07, 6.45) is 12.3. The van der Waals surface area contributed by atoms with Crippen LogP contribution in [0.25, 0.3) is 11.0 Å². The van der Waals surface area contributed by atoms with Gasteiger partial charge in [0.1, 0.15) is 0 Å². The van der Waals surface area contributed by atoms with Crippen LogP contribution in [0.1, 0.15) is 37.5 Å². The van der Waals surface area contributed by atoms with Gasteiger partial charge in [-0.2, -0.15) is 0 Å². The number of benzene rings is 1. The molecule has 0 radical (unpaired) electrons. The van der Waals surface area contributed by atoms with Crippen LogP contribution >= 0.6 is 11.8 Å². The Morgan fingerprint density at radius 3 is 2.44 bits per heavy atom. The molecule has 0 bridgehead atoms. The Hall–Kier alpha value is -3.04. The lowest BCUT2D eigenvalue weighted by Crippen LogP contribution is -2.46. The normalized spacial score (nSPS) is 18.8. The van der Waals surface area contributed by atoms with Crippen LogP contribution in [-0.2, 0) is 4.79 Å². The summed E-state index contributed by atoms with van der Waals surface area (Å²) in [4.78, 5) is 26.8. The summed E-state index contributed by atoms with van der Waals surface area (Å²) < 4.78 is 30.3. The van der Waals surface area contributed by atoms with Crippen molar-refractivity contribution in [3.8, 4) is 0 Å². The average Bonchev–Trinajstić information content (AvgIpc) is 3.31. The summed E-state index contributed by atoms with van der Waals surface area (Å²) in [6, 6.07) is 2.33. The zero-order valence-corrected chi connectivity index (χ0v) is 23.6. The molecule has 0 atom stereocenters. The Labute approximate surface area is 233 Å². The largest absolute Gasteiger partial charge is 0.342 e. The standard InChI is InChI=1S/C30H37F2N5OS/c1-5-7-8-26(33-3)29-34-27-17-24(31)25(32)18-28(27)37(29)23-11-15-36(16-12-23)30(38)22-9-13-35(14-10-22)19-21(6-2)20-39-4/h5-8,17-18,20,22-23H,1-2,9-16,19H2,3-4H3/b8-7-,21-20+,33-26?. The van der Waals surface area contributed by atoms with Crippen molar-refractivity contribution in [2.24, 2.45) is 10.9 Å². The van der Waals surface area contributed by atoms with Gasteiger partial charge >= 0.3 is 0 Å². The molecule has 0 spiro atoms. The predicted octanol–water partition coefficient (Wildman–Crippen LogP) is 5.78. The Morgan fingerprint density at radius 1 is 1.13 bits per heavy atom. The molecule has 4 rings (SSSR count). The molecule has 2 aromatic rings. The number of carbonyl (C=O) groups is 1. The quantitative estimate of drug-likeness (QED) is 0.292.